The van der Waals surface area contributed by atoms with E-state index in [1.165, 1.54) is 12.5 Å². The van der Waals surface area contributed by atoms with Crippen molar-refractivity contribution in [2.24, 2.45) is 0 Å². The molecular weight excluding hydrogens is 232 g/mol. The first-order chi connectivity index (χ1) is 7.66. The van der Waals surface area contributed by atoms with Crippen LogP contribution in [0.4, 0.5) is 14.5 Å². The Bertz CT molecular complexity index is 482. The molecule has 2 N–H and O–H groups in total. The van der Waals surface area contributed by atoms with Crippen LogP contribution in [0.3, 0.4) is 0 Å². The van der Waals surface area contributed by atoms with Gasteiger partial charge in [0, 0.05) is 11.9 Å². The van der Waals surface area contributed by atoms with Crippen molar-refractivity contribution in [1.82, 2.24) is 9.97 Å². The third kappa shape index (κ3) is 2.27. The Labute approximate surface area is 94.7 Å². The molecule has 1 aromatic carbocycles. The molecule has 82 valence electrons. The van der Waals surface area contributed by atoms with E-state index in [1.807, 2.05) is 0 Å². The maximum atomic E-state index is 13.4. The van der Waals surface area contributed by atoms with Gasteiger partial charge >= 0.3 is 0 Å². The summed E-state index contributed by atoms with van der Waals surface area (Å²) in [4.78, 5) is 7.46. The Morgan fingerprint density at radius 3 is 2.44 bits per heavy atom. The molecule has 6 heteroatoms. The van der Waals surface area contributed by atoms with Crippen LogP contribution >= 0.6 is 11.8 Å². The van der Waals surface area contributed by atoms with Crippen LogP contribution in [0.15, 0.2) is 40.6 Å². The number of benzene rings is 1. The van der Waals surface area contributed by atoms with Gasteiger partial charge < -0.3 is 5.73 Å². The van der Waals surface area contributed by atoms with Crippen LogP contribution < -0.4 is 5.73 Å². The molecule has 0 unspecified atom stereocenters. The van der Waals surface area contributed by atoms with Crippen LogP contribution in [0.1, 0.15) is 0 Å². The summed E-state index contributed by atoms with van der Waals surface area (Å²) in [5.41, 5.74) is 5.36. The van der Waals surface area contributed by atoms with Crippen LogP contribution in [-0.2, 0) is 0 Å². The van der Waals surface area contributed by atoms with Crippen molar-refractivity contribution in [3.05, 3.63) is 42.4 Å². The molecule has 2 rings (SSSR count). The Hall–Kier alpha value is -1.69. The largest absolute Gasteiger partial charge is 0.399 e. The molecule has 0 amide bonds. The fourth-order valence-electron chi connectivity index (χ4n) is 1.12. The van der Waals surface area contributed by atoms with Gasteiger partial charge in [-0.2, -0.15) is 0 Å². The lowest BCUT2D eigenvalue weighted by Crippen LogP contribution is -1.93. The second kappa shape index (κ2) is 4.44. The lowest BCUT2D eigenvalue weighted by Gasteiger charge is -2.04. The molecular formula is C10H7F2N3S. The van der Waals surface area contributed by atoms with Crippen molar-refractivity contribution in [1.29, 1.82) is 0 Å². The summed E-state index contributed by atoms with van der Waals surface area (Å²) in [6.07, 6.45) is 2.82. The zero-order valence-corrected chi connectivity index (χ0v) is 8.84. The molecule has 1 heterocycles. The van der Waals surface area contributed by atoms with Gasteiger partial charge in [0.15, 0.2) is 0 Å². The summed E-state index contributed by atoms with van der Waals surface area (Å²) in [7, 11) is 0. The summed E-state index contributed by atoms with van der Waals surface area (Å²) in [6.45, 7) is 0. The number of nitrogen functional groups attached to an aromatic ring is 1. The van der Waals surface area contributed by atoms with Crippen molar-refractivity contribution in [2.45, 2.75) is 9.92 Å². The van der Waals surface area contributed by atoms with Crippen molar-refractivity contribution in [3.63, 3.8) is 0 Å². The highest BCUT2D eigenvalue weighted by Gasteiger charge is 2.12. The Morgan fingerprint density at radius 2 is 1.88 bits per heavy atom. The van der Waals surface area contributed by atoms with Crippen LogP contribution in [0.2, 0.25) is 0 Å². The summed E-state index contributed by atoms with van der Waals surface area (Å²) in [5.74, 6) is -1.39. The van der Waals surface area contributed by atoms with Gasteiger partial charge in [-0.05, 0) is 18.2 Å². The van der Waals surface area contributed by atoms with Crippen LogP contribution in [0.5, 0.6) is 0 Å². The molecule has 3 nitrogen and oxygen atoms in total. The summed E-state index contributed by atoms with van der Waals surface area (Å²) in [5, 5.41) is 0.470. The normalized spacial score (nSPS) is 10.4. The molecule has 0 spiro atoms. The Balaban J connectivity index is 2.35. The van der Waals surface area contributed by atoms with E-state index in [4.69, 9.17) is 5.73 Å². The Morgan fingerprint density at radius 1 is 1.19 bits per heavy atom. The molecule has 0 bridgehead atoms. The molecule has 0 atom stereocenters. The van der Waals surface area contributed by atoms with E-state index < -0.39 is 11.6 Å². The second-order valence-electron chi connectivity index (χ2n) is 2.96. The first kappa shape index (κ1) is 10.8. The van der Waals surface area contributed by atoms with Crippen LogP contribution in [0, 0.1) is 11.6 Å². The van der Waals surface area contributed by atoms with Gasteiger partial charge in [-0.25, -0.2) is 18.7 Å². The molecule has 2 aromatic rings. The van der Waals surface area contributed by atoms with Crippen molar-refractivity contribution >= 4 is 17.4 Å². The van der Waals surface area contributed by atoms with Crippen molar-refractivity contribution in [3.8, 4) is 0 Å². The Kier molecular flexibility index (Phi) is 3.00. The topological polar surface area (TPSA) is 51.8 Å². The predicted octanol–water partition coefficient (Wildman–Crippen LogP) is 2.49. The summed E-state index contributed by atoms with van der Waals surface area (Å²) < 4.78 is 26.8. The monoisotopic (exact) mass is 239 g/mol. The molecule has 0 saturated heterocycles. The van der Waals surface area contributed by atoms with E-state index in [0.717, 1.165) is 23.9 Å². The van der Waals surface area contributed by atoms with Crippen LogP contribution in [0.25, 0.3) is 0 Å². The van der Waals surface area contributed by atoms with Gasteiger partial charge in [0.1, 0.15) is 23.0 Å². The lowest BCUT2D eigenvalue weighted by molar-refractivity contribution is 0.541. The molecule has 0 aliphatic carbocycles. The highest BCUT2D eigenvalue weighted by atomic mass is 32.2. The minimum absolute atomic E-state index is 0.0574. The zero-order valence-electron chi connectivity index (χ0n) is 8.02. The van der Waals surface area contributed by atoms with E-state index in [1.54, 1.807) is 6.07 Å². The van der Waals surface area contributed by atoms with E-state index in [0.29, 0.717) is 5.03 Å². The van der Waals surface area contributed by atoms with Gasteiger partial charge in [-0.1, -0.05) is 11.8 Å². The molecule has 0 aliphatic rings. The van der Waals surface area contributed by atoms with Gasteiger partial charge in [-0.3, -0.25) is 0 Å². The quantitative estimate of drug-likeness (QED) is 0.646. The average Bonchev–Trinajstić information content (AvgIpc) is 2.25. The van der Waals surface area contributed by atoms with E-state index in [-0.39, 0.29) is 10.6 Å². The highest BCUT2D eigenvalue weighted by Crippen LogP contribution is 2.31. The highest BCUT2D eigenvalue weighted by molar-refractivity contribution is 7.99. The van der Waals surface area contributed by atoms with E-state index in [2.05, 4.69) is 9.97 Å². The molecule has 0 aliphatic heterocycles. The number of hydrogen-bond donors (Lipinski definition) is 1. The number of anilines is 1. The number of aromatic nitrogens is 2. The lowest BCUT2D eigenvalue weighted by atomic mass is 10.3. The van der Waals surface area contributed by atoms with E-state index >= 15 is 0 Å². The third-order valence-electron chi connectivity index (χ3n) is 1.78. The second-order valence-corrected chi connectivity index (χ2v) is 3.99. The number of halogens is 2. The number of nitrogens with zero attached hydrogens (tertiary/aromatic N) is 2. The number of nitrogens with two attached hydrogens (primary N) is 1. The minimum Gasteiger partial charge on any atom is -0.399 e. The first-order valence-electron chi connectivity index (χ1n) is 4.35. The summed E-state index contributed by atoms with van der Waals surface area (Å²) in [6, 6.07) is 3.72. The van der Waals surface area contributed by atoms with E-state index in [9.17, 15) is 8.78 Å². The third-order valence-corrected chi connectivity index (χ3v) is 2.83. The molecule has 0 radical (unpaired) electrons. The van der Waals surface area contributed by atoms with Crippen molar-refractivity contribution in [2.75, 3.05) is 5.73 Å². The van der Waals surface area contributed by atoms with Gasteiger partial charge in [-0.15, -0.1) is 0 Å². The van der Waals surface area contributed by atoms with Crippen molar-refractivity contribution < 1.29 is 8.78 Å². The number of hydrogen-bond acceptors (Lipinski definition) is 4. The average molecular weight is 239 g/mol. The number of rotatable bonds is 2. The van der Waals surface area contributed by atoms with Gasteiger partial charge in [0.05, 0.1) is 4.90 Å². The molecule has 1 aromatic heterocycles. The summed E-state index contributed by atoms with van der Waals surface area (Å²) >= 11 is 0.893. The molecule has 16 heavy (non-hydrogen) atoms. The van der Waals surface area contributed by atoms with Crippen LogP contribution in [-0.4, -0.2) is 9.97 Å². The fourth-order valence-corrected chi connectivity index (χ4v) is 1.87. The SMILES string of the molecule is Nc1cc(F)c(Sc2ccncn2)c(F)c1. The molecule has 0 saturated carbocycles. The smallest absolute Gasteiger partial charge is 0.142 e. The van der Waals surface area contributed by atoms with Gasteiger partial charge in [0.25, 0.3) is 0 Å². The molecule has 0 fully saturated rings. The first-order valence-corrected chi connectivity index (χ1v) is 5.17. The zero-order chi connectivity index (χ0) is 11.5. The maximum Gasteiger partial charge on any atom is 0.142 e. The van der Waals surface area contributed by atoms with Gasteiger partial charge in [0.2, 0.25) is 0 Å². The standard InChI is InChI=1S/C10H7F2N3S/c11-7-3-6(13)4-8(12)10(7)16-9-1-2-14-5-15-9/h1-5H,13H2. The predicted molar refractivity (Wildman–Crippen MR) is 56.9 cm³/mol. The minimum atomic E-state index is -0.693. The fraction of sp³-hybridized carbons (Fsp3) is 0. The maximum absolute atomic E-state index is 13.4.